The number of aliphatic hydroxyl groups is 1. The summed E-state index contributed by atoms with van der Waals surface area (Å²) in [6.45, 7) is 2.63. The van der Waals surface area contributed by atoms with Crippen molar-refractivity contribution in [1.82, 2.24) is 19.9 Å². The molecule has 1 aliphatic rings. The monoisotopic (exact) mass is 416 g/mol. The number of aliphatic hydroxyl groups excluding tert-OH is 1. The van der Waals surface area contributed by atoms with E-state index in [0.29, 0.717) is 41.0 Å². The Morgan fingerprint density at radius 3 is 2.90 bits per heavy atom. The summed E-state index contributed by atoms with van der Waals surface area (Å²) in [7, 11) is 1.80. The highest BCUT2D eigenvalue weighted by atomic mass is 32.1. The topological polar surface area (TPSA) is 103 Å². The molecular formula is C19H21FN6O2S. The molecule has 8 nitrogen and oxygen atoms in total. The molecule has 0 aromatic carbocycles. The van der Waals surface area contributed by atoms with E-state index in [0.717, 1.165) is 11.2 Å². The number of aromatic nitrogens is 3. The standard InChI is InChI=1S/C19H21FN6O2S/c1-10(11-5-12(20)8-22-7-11)23-19-24-14-6-15(21-2)29-17(14)16(25-19)18(28)26-4-3-13(27)9-26/h5-8,10,13,21,27H,3-4,9H2,1-2H3,(H,23,24,25)/t10-,13+/m0/s1. The Kier molecular flexibility index (Phi) is 5.29. The SMILES string of the molecule is CNc1cc2nc(N[C@@H](C)c3cncc(F)c3)nc(C(=O)N3CC[C@@H](O)C3)c2s1. The quantitative estimate of drug-likeness (QED) is 0.587. The van der Waals surface area contributed by atoms with Crippen molar-refractivity contribution in [3.8, 4) is 0 Å². The van der Waals surface area contributed by atoms with Gasteiger partial charge in [0.1, 0.15) is 5.82 Å². The summed E-state index contributed by atoms with van der Waals surface area (Å²) in [4.78, 5) is 27.6. The molecular weight excluding hydrogens is 395 g/mol. The van der Waals surface area contributed by atoms with Crippen molar-refractivity contribution in [3.05, 3.63) is 41.6 Å². The molecule has 29 heavy (non-hydrogen) atoms. The molecule has 1 saturated heterocycles. The molecule has 3 aromatic rings. The van der Waals surface area contributed by atoms with Crippen molar-refractivity contribution in [2.24, 2.45) is 0 Å². The number of pyridine rings is 1. The second kappa shape index (κ2) is 7.88. The van der Waals surface area contributed by atoms with Crippen molar-refractivity contribution in [3.63, 3.8) is 0 Å². The third-order valence-electron chi connectivity index (χ3n) is 4.84. The number of rotatable bonds is 5. The highest BCUT2D eigenvalue weighted by molar-refractivity contribution is 7.23. The van der Waals surface area contributed by atoms with E-state index in [1.165, 1.54) is 17.4 Å². The zero-order valence-electron chi connectivity index (χ0n) is 16.0. The molecule has 10 heteroatoms. The number of fused-ring (bicyclic) bond motifs is 1. The third-order valence-corrected chi connectivity index (χ3v) is 5.99. The van der Waals surface area contributed by atoms with Gasteiger partial charge in [-0.1, -0.05) is 0 Å². The van der Waals surface area contributed by atoms with Crippen LogP contribution in [0.2, 0.25) is 0 Å². The van der Waals surface area contributed by atoms with Crippen LogP contribution in [-0.4, -0.2) is 57.1 Å². The first-order valence-corrected chi connectivity index (χ1v) is 10.1. The smallest absolute Gasteiger partial charge is 0.274 e. The number of amides is 1. The van der Waals surface area contributed by atoms with E-state index in [1.807, 2.05) is 13.0 Å². The number of likely N-dealkylation sites (tertiary alicyclic amines) is 1. The molecule has 4 rings (SSSR count). The van der Waals surface area contributed by atoms with Gasteiger partial charge in [0.25, 0.3) is 5.91 Å². The third kappa shape index (κ3) is 3.99. The molecule has 1 amide bonds. The second-order valence-electron chi connectivity index (χ2n) is 6.97. The maximum atomic E-state index is 13.5. The van der Waals surface area contributed by atoms with Gasteiger partial charge < -0.3 is 20.6 Å². The van der Waals surface area contributed by atoms with E-state index >= 15 is 0 Å². The fraction of sp³-hybridized carbons (Fsp3) is 0.368. The lowest BCUT2D eigenvalue weighted by molar-refractivity contribution is 0.0761. The molecule has 2 atom stereocenters. The molecule has 4 heterocycles. The van der Waals surface area contributed by atoms with Gasteiger partial charge in [-0.15, -0.1) is 11.3 Å². The van der Waals surface area contributed by atoms with Gasteiger partial charge in [0, 0.05) is 26.3 Å². The van der Waals surface area contributed by atoms with Crippen LogP contribution in [0.4, 0.5) is 15.3 Å². The first-order chi connectivity index (χ1) is 13.9. The number of nitrogens with one attached hydrogen (secondary N) is 2. The van der Waals surface area contributed by atoms with E-state index in [-0.39, 0.29) is 17.9 Å². The normalized spacial score (nSPS) is 17.5. The van der Waals surface area contributed by atoms with Gasteiger partial charge in [-0.25, -0.2) is 14.4 Å². The zero-order chi connectivity index (χ0) is 20.5. The highest BCUT2D eigenvalue weighted by Crippen LogP contribution is 2.32. The minimum atomic E-state index is -0.509. The van der Waals surface area contributed by atoms with Gasteiger partial charge in [-0.05, 0) is 31.0 Å². The molecule has 1 aliphatic heterocycles. The van der Waals surface area contributed by atoms with Crippen LogP contribution >= 0.6 is 11.3 Å². The minimum Gasteiger partial charge on any atom is -0.391 e. The van der Waals surface area contributed by atoms with Crippen LogP contribution in [-0.2, 0) is 0 Å². The lowest BCUT2D eigenvalue weighted by Crippen LogP contribution is -2.30. The number of nitrogens with zero attached hydrogens (tertiary/aromatic N) is 4. The fourth-order valence-electron chi connectivity index (χ4n) is 3.28. The molecule has 0 radical (unpaired) electrons. The molecule has 152 valence electrons. The summed E-state index contributed by atoms with van der Waals surface area (Å²) in [6, 6.07) is 2.94. The van der Waals surface area contributed by atoms with E-state index in [2.05, 4.69) is 25.6 Å². The Morgan fingerprint density at radius 2 is 2.21 bits per heavy atom. The van der Waals surface area contributed by atoms with Gasteiger partial charge in [0.15, 0.2) is 5.69 Å². The number of thiophene rings is 1. The van der Waals surface area contributed by atoms with E-state index < -0.39 is 11.9 Å². The van der Waals surface area contributed by atoms with Crippen molar-refractivity contribution in [2.45, 2.75) is 25.5 Å². The number of anilines is 2. The predicted octanol–water partition coefficient (Wildman–Crippen LogP) is 2.65. The summed E-state index contributed by atoms with van der Waals surface area (Å²) in [5.41, 5.74) is 1.58. The van der Waals surface area contributed by atoms with Gasteiger partial charge in [0.2, 0.25) is 5.95 Å². The second-order valence-corrected chi connectivity index (χ2v) is 8.02. The Labute approximate surface area is 170 Å². The first kappa shape index (κ1) is 19.5. The lowest BCUT2D eigenvalue weighted by Gasteiger charge is -2.17. The van der Waals surface area contributed by atoms with E-state index in [9.17, 15) is 14.3 Å². The Hall–Kier alpha value is -2.85. The number of β-amino-alcohol motifs (C(OH)–C–C–N with tert-alkyl or cyclic N) is 1. The van der Waals surface area contributed by atoms with Gasteiger partial charge in [0.05, 0.1) is 33.6 Å². The number of carbonyl (C=O) groups excluding carboxylic acids is 1. The van der Waals surface area contributed by atoms with Crippen molar-refractivity contribution >= 4 is 38.4 Å². The summed E-state index contributed by atoms with van der Waals surface area (Å²) in [6.07, 6.45) is 2.76. The highest BCUT2D eigenvalue weighted by Gasteiger charge is 2.29. The Bertz CT molecular complexity index is 1060. The van der Waals surface area contributed by atoms with Crippen LogP contribution < -0.4 is 10.6 Å². The van der Waals surface area contributed by atoms with Gasteiger partial charge in [-0.2, -0.15) is 0 Å². The molecule has 1 fully saturated rings. The van der Waals surface area contributed by atoms with Crippen molar-refractivity contribution in [2.75, 3.05) is 30.8 Å². The lowest BCUT2D eigenvalue weighted by atomic mass is 10.1. The van der Waals surface area contributed by atoms with Crippen LogP contribution in [0.15, 0.2) is 24.5 Å². The molecule has 3 N–H and O–H groups in total. The molecule has 0 aliphatic carbocycles. The first-order valence-electron chi connectivity index (χ1n) is 9.28. The molecule has 0 spiro atoms. The molecule has 0 unspecified atom stereocenters. The van der Waals surface area contributed by atoms with Crippen LogP contribution in [0.25, 0.3) is 10.2 Å². The zero-order valence-corrected chi connectivity index (χ0v) is 16.8. The van der Waals surface area contributed by atoms with Crippen molar-refractivity contribution < 1.29 is 14.3 Å². The van der Waals surface area contributed by atoms with Crippen LogP contribution in [0, 0.1) is 5.82 Å². The molecule has 0 saturated carbocycles. The van der Waals surface area contributed by atoms with Crippen molar-refractivity contribution in [1.29, 1.82) is 0 Å². The predicted molar refractivity (Wildman–Crippen MR) is 110 cm³/mol. The average molecular weight is 416 g/mol. The maximum absolute atomic E-state index is 13.5. The average Bonchev–Trinajstić information content (AvgIpc) is 3.32. The van der Waals surface area contributed by atoms with E-state index in [1.54, 1.807) is 18.1 Å². The number of halogens is 1. The molecule has 0 bridgehead atoms. The summed E-state index contributed by atoms with van der Waals surface area (Å²) < 4.78 is 14.2. The van der Waals surface area contributed by atoms with Gasteiger partial charge in [-0.3, -0.25) is 9.78 Å². The minimum absolute atomic E-state index is 0.235. The number of carbonyl (C=O) groups is 1. The van der Waals surface area contributed by atoms with Crippen LogP contribution in [0.3, 0.4) is 0 Å². The maximum Gasteiger partial charge on any atom is 0.274 e. The number of hydrogen-bond acceptors (Lipinski definition) is 8. The fourth-order valence-corrected chi connectivity index (χ4v) is 4.21. The largest absolute Gasteiger partial charge is 0.391 e. The molecule has 3 aromatic heterocycles. The summed E-state index contributed by atoms with van der Waals surface area (Å²) in [5, 5.41) is 16.9. The van der Waals surface area contributed by atoms with Crippen LogP contribution in [0.5, 0.6) is 0 Å². The Morgan fingerprint density at radius 1 is 1.38 bits per heavy atom. The Balaban J connectivity index is 1.70. The van der Waals surface area contributed by atoms with E-state index in [4.69, 9.17) is 0 Å². The van der Waals surface area contributed by atoms with Crippen LogP contribution in [0.1, 0.15) is 35.4 Å². The summed E-state index contributed by atoms with van der Waals surface area (Å²) >= 11 is 1.40. The number of hydrogen-bond donors (Lipinski definition) is 3. The summed E-state index contributed by atoms with van der Waals surface area (Å²) in [5.74, 6) is -0.383. The van der Waals surface area contributed by atoms with Gasteiger partial charge >= 0.3 is 0 Å².